The minimum absolute atomic E-state index is 0.132. The first kappa shape index (κ1) is 18.8. The maximum atomic E-state index is 12.7. The Labute approximate surface area is 174 Å². The quantitative estimate of drug-likeness (QED) is 0.479. The number of aromatic amines is 1. The number of H-pyrrole nitrogens is 1. The van der Waals surface area contributed by atoms with Crippen LogP contribution in [-0.2, 0) is 0 Å². The molecule has 1 amide bonds. The topological polar surface area (TPSA) is 111 Å². The van der Waals surface area contributed by atoms with Crippen molar-refractivity contribution in [3.05, 3.63) is 64.4 Å². The third-order valence-corrected chi connectivity index (χ3v) is 4.73. The van der Waals surface area contributed by atoms with Gasteiger partial charge in [0.2, 0.25) is 5.95 Å². The lowest BCUT2D eigenvalue weighted by Crippen LogP contribution is -2.15. The fourth-order valence-corrected chi connectivity index (χ4v) is 3.22. The molecule has 0 saturated carbocycles. The van der Waals surface area contributed by atoms with Crippen molar-refractivity contribution in [1.82, 2.24) is 30.2 Å². The monoisotopic (exact) mass is 453 g/mol. The Hall–Kier alpha value is -3.53. The molecule has 10 heteroatoms. The number of carbonyl (C=O) groups excluding carboxylic acids is 1. The molecule has 2 N–H and O–H groups in total. The summed E-state index contributed by atoms with van der Waals surface area (Å²) in [6.45, 7) is 1.77. The third kappa shape index (κ3) is 3.74. The second-order valence-electron chi connectivity index (χ2n) is 6.08. The summed E-state index contributed by atoms with van der Waals surface area (Å²) in [6, 6.07) is 14.9. The second-order valence-corrected chi connectivity index (χ2v) is 6.99. The highest BCUT2D eigenvalue weighted by Crippen LogP contribution is 2.27. The Morgan fingerprint density at radius 3 is 2.83 bits per heavy atom. The molecule has 0 aliphatic carbocycles. The highest BCUT2D eigenvalue weighted by Gasteiger charge is 2.19. The summed E-state index contributed by atoms with van der Waals surface area (Å²) in [7, 11) is 1.58. The summed E-state index contributed by atoms with van der Waals surface area (Å²) in [5.41, 5.74) is 2.31. The van der Waals surface area contributed by atoms with Gasteiger partial charge in [0.25, 0.3) is 5.91 Å². The van der Waals surface area contributed by atoms with E-state index < -0.39 is 5.91 Å². The van der Waals surface area contributed by atoms with Crippen LogP contribution in [-0.4, -0.2) is 43.2 Å². The number of ether oxygens (including phenoxy) is 1. The number of amides is 1. The molecule has 9 nitrogen and oxygen atoms in total. The van der Waals surface area contributed by atoms with E-state index in [9.17, 15) is 4.79 Å². The van der Waals surface area contributed by atoms with Crippen molar-refractivity contribution in [2.75, 3.05) is 12.4 Å². The molecule has 2 aromatic carbocycles. The fourth-order valence-electron chi connectivity index (χ4n) is 2.83. The number of benzene rings is 2. The Bertz CT molecular complexity index is 1180. The van der Waals surface area contributed by atoms with E-state index in [2.05, 4.69) is 46.7 Å². The van der Waals surface area contributed by atoms with Gasteiger partial charge in [-0.3, -0.25) is 15.2 Å². The maximum Gasteiger partial charge on any atom is 0.280 e. The Morgan fingerprint density at radius 1 is 1.21 bits per heavy atom. The lowest BCUT2D eigenvalue weighted by atomic mass is 10.2. The van der Waals surface area contributed by atoms with Crippen LogP contribution < -0.4 is 10.1 Å². The van der Waals surface area contributed by atoms with Gasteiger partial charge >= 0.3 is 0 Å². The second kappa shape index (κ2) is 7.84. The average molecular weight is 454 g/mol. The molecular weight excluding hydrogens is 438 g/mol. The van der Waals surface area contributed by atoms with Crippen molar-refractivity contribution < 1.29 is 9.53 Å². The van der Waals surface area contributed by atoms with Gasteiger partial charge in [0.15, 0.2) is 11.5 Å². The van der Waals surface area contributed by atoms with Crippen LogP contribution in [0.2, 0.25) is 0 Å². The van der Waals surface area contributed by atoms with E-state index >= 15 is 0 Å². The van der Waals surface area contributed by atoms with Crippen LogP contribution in [0.4, 0.5) is 5.95 Å². The highest BCUT2D eigenvalue weighted by atomic mass is 79.9. The molecule has 0 spiro atoms. The molecule has 0 aliphatic heterocycles. The number of anilines is 1. The van der Waals surface area contributed by atoms with Gasteiger partial charge in [0, 0.05) is 4.47 Å². The van der Waals surface area contributed by atoms with Crippen LogP contribution in [0.5, 0.6) is 5.75 Å². The highest BCUT2D eigenvalue weighted by molar-refractivity contribution is 9.10. The van der Waals surface area contributed by atoms with Crippen LogP contribution in [0.15, 0.2) is 53.0 Å². The minimum atomic E-state index is -0.450. The molecule has 0 unspecified atom stereocenters. The lowest BCUT2D eigenvalue weighted by molar-refractivity contribution is 0.102. The first-order valence-electron chi connectivity index (χ1n) is 8.62. The predicted octanol–water partition coefficient (Wildman–Crippen LogP) is 3.38. The summed E-state index contributed by atoms with van der Waals surface area (Å²) < 4.78 is 7.83. The molecule has 0 bridgehead atoms. The molecule has 4 rings (SSSR count). The number of carbonyl (C=O) groups is 1. The van der Waals surface area contributed by atoms with Gasteiger partial charge in [0.1, 0.15) is 5.75 Å². The number of nitrogens with zero attached hydrogens (tertiary/aromatic N) is 5. The van der Waals surface area contributed by atoms with E-state index in [1.165, 1.54) is 0 Å². The van der Waals surface area contributed by atoms with Crippen LogP contribution >= 0.6 is 15.9 Å². The normalized spacial score (nSPS) is 10.7. The Kier molecular flexibility index (Phi) is 5.09. The number of aromatic nitrogens is 6. The zero-order chi connectivity index (χ0) is 20.4. The zero-order valence-corrected chi connectivity index (χ0v) is 17.1. The molecule has 29 heavy (non-hydrogen) atoms. The number of halogens is 1. The summed E-state index contributed by atoms with van der Waals surface area (Å²) >= 11 is 3.43. The summed E-state index contributed by atoms with van der Waals surface area (Å²) in [5.74, 6) is 0.809. The van der Waals surface area contributed by atoms with Crippen molar-refractivity contribution >= 4 is 27.8 Å². The van der Waals surface area contributed by atoms with Crippen LogP contribution in [0.25, 0.3) is 17.1 Å². The van der Waals surface area contributed by atoms with E-state index in [-0.39, 0.29) is 11.6 Å². The molecule has 0 radical (unpaired) electrons. The Morgan fingerprint density at radius 2 is 2.03 bits per heavy atom. The van der Waals surface area contributed by atoms with Gasteiger partial charge < -0.3 is 4.74 Å². The van der Waals surface area contributed by atoms with Gasteiger partial charge in [-0.1, -0.05) is 39.3 Å². The summed E-state index contributed by atoms with van der Waals surface area (Å²) in [4.78, 5) is 17.0. The van der Waals surface area contributed by atoms with Gasteiger partial charge in [-0.05, 0) is 37.3 Å². The SMILES string of the molecule is COc1ccccc1-c1nc(NC(=O)c2nnn(-c3cccc(Br)c3)c2C)n[nH]1. The number of nitrogens with one attached hydrogen (secondary N) is 2. The predicted molar refractivity (Wildman–Crippen MR) is 110 cm³/mol. The zero-order valence-electron chi connectivity index (χ0n) is 15.5. The molecule has 2 heterocycles. The largest absolute Gasteiger partial charge is 0.496 e. The van der Waals surface area contributed by atoms with Crippen LogP contribution in [0, 0.1) is 6.92 Å². The van der Waals surface area contributed by atoms with Gasteiger partial charge in [-0.15, -0.1) is 10.2 Å². The summed E-state index contributed by atoms with van der Waals surface area (Å²) in [5, 5.41) is 17.6. The first-order chi connectivity index (χ1) is 14.1. The number of para-hydroxylation sites is 1. The van der Waals surface area contributed by atoms with Crippen LogP contribution in [0.1, 0.15) is 16.2 Å². The first-order valence-corrected chi connectivity index (χ1v) is 9.41. The molecule has 146 valence electrons. The number of rotatable bonds is 5. The number of methoxy groups -OCH3 is 1. The molecular formula is C19H16BrN7O2. The van der Waals surface area contributed by atoms with E-state index in [4.69, 9.17) is 4.74 Å². The van der Waals surface area contributed by atoms with Crippen molar-refractivity contribution in [2.24, 2.45) is 0 Å². The van der Waals surface area contributed by atoms with Crippen molar-refractivity contribution in [1.29, 1.82) is 0 Å². The lowest BCUT2D eigenvalue weighted by Gasteiger charge is -2.04. The summed E-state index contributed by atoms with van der Waals surface area (Å²) in [6.07, 6.45) is 0. The van der Waals surface area contributed by atoms with Gasteiger partial charge in [-0.2, -0.15) is 4.98 Å². The van der Waals surface area contributed by atoms with E-state index in [1.54, 1.807) is 18.7 Å². The average Bonchev–Trinajstić information content (AvgIpc) is 3.34. The molecule has 2 aromatic heterocycles. The van der Waals surface area contributed by atoms with Crippen molar-refractivity contribution in [3.8, 4) is 22.8 Å². The smallest absolute Gasteiger partial charge is 0.280 e. The van der Waals surface area contributed by atoms with Crippen LogP contribution in [0.3, 0.4) is 0 Å². The third-order valence-electron chi connectivity index (χ3n) is 4.24. The number of hydrogen-bond donors (Lipinski definition) is 2. The van der Waals surface area contributed by atoms with E-state index in [0.717, 1.165) is 15.7 Å². The molecule has 0 atom stereocenters. The van der Waals surface area contributed by atoms with E-state index in [0.29, 0.717) is 17.3 Å². The van der Waals surface area contributed by atoms with E-state index in [1.807, 2.05) is 48.5 Å². The minimum Gasteiger partial charge on any atom is -0.496 e. The molecule has 0 fully saturated rings. The fraction of sp³-hybridized carbons (Fsp3) is 0.105. The van der Waals surface area contributed by atoms with Gasteiger partial charge in [0.05, 0.1) is 24.1 Å². The maximum absolute atomic E-state index is 12.7. The van der Waals surface area contributed by atoms with Gasteiger partial charge in [-0.25, -0.2) is 4.68 Å². The standard InChI is InChI=1S/C19H16BrN7O2/c1-11-16(23-26-27(11)13-7-5-6-12(20)10-13)18(28)22-19-21-17(24-25-19)14-8-3-4-9-15(14)29-2/h3-10H,1-2H3,(H2,21,22,24,25,28). The molecule has 4 aromatic rings. The molecule has 0 aliphatic rings. The number of hydrogen-bond acceptors (Lipinski definition) is 6. The van der Waals surface area contributed by atoms with Crippen molar-refractivity contribution in [2.45, 2.75) is 6.92 Å². The Balaban J connectivity index is 1.56. The molecule has 0 saturated heterocycles. The van der Waals surface area contributed by atoms with Crippen molar-refractivity contribution in [3.63, 3.8) is 0 Å².